The minimum Gasteiger partial charge on any atom is -0.467 e. The average Bonchev–Trinajstić information content (AvgIpc) is 3.18. The lowest BCUT2D eigenvalue weighted by Gasteiger charge is -2.22. The van der Waals surface area contributed by atoms with Crippen molar-refractivity contribution in [3.63, 3.8) is 0 Å². The highest BCUT2D eigenvalue weighted by Crippen LogP contribution is 2.25. The molecule has 6 nitrogen and oxygen atoms in total. The summed E-state index contributed by atoms with van der Waals surface area (Å²) in [7, 11) is 2.89. The number of ether oxygens (including phenoxy) is 3. The fourth-order valence-corrected chi connectivity index (χ4v) is 3.40. The Labute approximate surface area is 169 Å². The number of amides is 1. The van der Waals surface area contributed by atoms with Crippen molar-refractivity contribution >= 4 is 11.9 Å². The number of nitrogens with zero attached hydrogens (tertiary/aromatic N) is 1. The SMILES string of the molecule is COC(=O)[C@@H]1C[C@H](OC)CN1C(=O)CCc1cccc(Oc2ccc(F)cc2)c1. The summed E-state index contributed by atoms with van der Waals surface area (Å²) in [6, 6.07) is 12.6. The number of benzene rings is 2. The summed E-state index contributed by atoms with van der Waals surface area (Å²) in [5, 5.41) is 0. The number of methoxy groups -OCH3 is 2. The predicted octanol–water partition coefficient (Wildman–Crippen LogP) is 3.34. The summed E-state index contributed by atoms with van der Waals surface area (Å²) in [6.45, 7) is 0.378. The lowest BCUT2D eigenvalue weighted by atomic mass is 10.1. The Balaban J connectivity index is 1.61. The molecule has 0 saturated carbocycles. The van der Waals surface area contributed by atoms with Gasteiger partial charge in [-0.1, -0.05) is 12.1 Å². The van der Waals surface area contributed by atoms with Crippen LogP contribution in [0.4, 0.5) is 4.39 Å². The molecule has 29 heavy (non-hydrogen) atoms. The Kier molecular flexibility index (Phi) is 6.82. The normalized spacial score (nSPS) is 18.5. The van der Waals surface area contributed by atoms with Gasteiger partial charge < -0.3 is 19.1 Å². The fraction of sp³-hybridized carbons (Fsp3) is 0.364. The highest BCUT2D eigenvalue weighted by molar-refractivity contribution is 5.85. The standard InChI is InChI=1S/C22H24FNO5/c1-27-19-13-20(22(26)28-2)24(14-19)21(25)11-6-15-4-3-5-18(12-15)29-17-9-7-16(23)8-10-17/h3-5,7-10,12,19-20H,6,11,13-14H2,1-2H3/t19-,20-/m0/s1. The zero-order valence-electron chi connectivity index (χ0n) is 16.5. The molecule has 1 saturated heterocycles. The van der Waals surface area contributed by atoms with Gasteiger partial charge in [-0.25, -0.2) is 9.18 Å². The van der Waals surface area contributed by atoms with E-state index in [4.69, 9.17) is 14.2 Å². The van der Waals surface area contributed by atoms with Crippen molar-refractivity contribution < 1.29 is 28.2 Å². The van der Waals surface area contributed by atoms with Gasteiger partial charge in [0.2, 0.25) is 5.91 Å². The highest BCUT2D eigenvalue weighted by atomic mass is 19.1. The van der Waals surface area contributed by atoms with E-state index < -0.39 is 12.0 Å². The summed E-state index contributed by atoms with van der Waals surface area (Å²) in [5.41, 5.74) is 0.926. The Morgan fingerprint density at radius 1 is 1.10 bits per heavy atom. The van der Waals surface area contributed by atoms with Crippen LogP contribution in [0.3, 0.4) is 0 Å². The van der Waals surface area contributed by atoms with E-state index in [0.29, 0.717) is 30.9 Å². The van der Waals surface area contributed by atoms with E-state index in [1.54, 1.807) is 30.2 Å². The van der Waals surface area contributed by atoms with Crippen LogP contribution in [0.5, 0.6) is 11.5 Å². The number of hydrogen-bond donors (Lipinski definition) is 0. The zero-order valence-corrected chi connectivity index (χ0v) is 16.5. The lowest BCUT2D eigenvalue weighted by molar-refractivity contribution is -0.150. The molecule has 0 N–H and O–H groups in total. The van der Waals surface area contributed by atoms with Crippen LogP contribution in [0.25, 0.3) is 0 Å². The van der Waals surface area contributed by atoms with Crippen LogP contribution in [0.1, 0.15) is 18.4 Å². The molecule has 2 atom stereocenters. The molecule has 154 valence electrons. The van der Waals surface area contributed by atoms with E-state index >= 15 is 0 Å². The summed E-state index contributed by atoms with van der Waals surface area (Å²) in [4.78, 5) is 26.2. The van der Waals surface area contributed by atoms with Crippen molar-refractivity contribution in [1.29, 1.82) is 0 Å². The first-order valence-corrected chi connectivity index (χ1v) is 9.42. The van der Waals surface area contributed by atoms with Crippen molar-refractivity contribution in [3.05, 3.63) is 59.9 Å². The van der Waals surface area contributed by atoms with Crippen molar-refractivity contribution in [3.8, 4) is 11.5 Å². The van der Waals surface area contributed by atoms with Gasteiger partial charge in [-0.3, -0.25) is 4.79 Å². The number of esters is 1. The number of carbonyl (C=O) groups excluding carboxylic acids is 2. The van der Waals surface area contributed by atoms with E-state index in [9.17, 15) is 14.0 Å². The second-order valence-electron chi connectivity index (χ2n) is 6.88. The fourth-order valence-electron chi connectivity index (χ4n) is 3.40. The van der Waals surface area contributed by atoms with Gasteiger partial charge in [0.1, 0.15) is 23.4 Å². The van der Waals surface area contributed by atoms with Gasteiger partial charge >= 0.3 is 5.97 Å². The number of carbonyl (C=O) groups is 2. The maximum atomic E-state index is 13.0. The molecule has 1 fully saturated rings. The third-order valence-corrected chi connectivity index (χ3v) is 4.96. The van der Waals surface area contributed by atoms with Gasteiger partial charge in [0, 0.05) is 26.5 Å². The first-order valence-electron chi connectivity index (χ1n) is 9.42. The quantitative estimate of drug-likeness (QED) is 0.666. The van der Waals surface area contributed by atoms with Gasteiger partial charge in [0.25, 0.3) is 0 Å². The van der Waals surface area contributed by atoms with E-state index in [1.807, 2.05) is 18.2 Å². The molecule has 1 heterocycles. The molecule has 1 aliphatic rings. The van der Waals surface area contributed by atoms with Crippen LogP contribution in [-0.4, -0.2) is 49.7 Å². The van der Waals surface area contributed by atoms with Crippen LogP contribution in [0.2, 0.25) is 0 Å². The molecule has 3 rings (SSSR count). The van der Waals surface area contributed by atoms with E-state index in [2.05, 4.69) is 0 Å². The van der Waals surface area contributed by atoms with Gasteiger partial charge in [0.15, 0.2) is 0 Å². The van der Waals surface area contributed by atoms with Crippen LogP contribution in [-0.2, 0) is 25.5 Å². The lowest BCUT2D eigenvalue weighted by Crippen LogP contribution is -2.41. The Hall–Kier alpha value is -2.93. The maximum Gasteiger partial charge on any atom is 0.328 e. The Bertz CT molecular complexity index is 855. The van der Waals surface area contributed by atoms with Crippen molar-refractivity contribution in [1.82, 2.24) is 4.90 Å². The largest absolute Gasteiger partial charge is 0.467 e. The molecule has 1 aliphatic heterocycles. The van der Waals surface area contributed by atoms with Gasteiger partial charge in [0.05, 0.1) is 13.2 Å². The molecule has 0 unspecified atom stereocenters. The Morgan fingerprint density at radius 2 is 1.86 bits per heavy atom. The molecule has 2 aromatic rings. The summed E-state index contributed by atoms with van der Waals surface area (Å²) in [5.74, 6) is 0.266. The van der Waals surface area contributed by atoms with Crippen LogP contribution in [0.15, 0.2) is 48.5 Å². The second kappa shape index (κ2) is 9.52. The van der Waals surface area contributed by atoms with Gasteiger partial charge in [-0.05, 0) is 48.4 Å². The first-order chi connectivity index (χ1) is 14.0. The van der Waals surface area contributed by atoms with Crippen LogP contribution >= 0.6 is 0 Å². The number of likely N-dealkylation sites (tertiary alicyclic amines) is 1. The van der Waals surface area contributed by atoms with Crippen LogP contribution < -0.4 is 4.74 Å². The topological polar surface area (TPSA) is 65.1 Å². The maximum absolute atomic E-state index is 13.0. The molecule has 0 aliphatic carbocycles. The number of aryl methyl sites for hydroxylation is 1. The van der Waals surface area contributed by atoms with Crippen LogP contribution in [0, 0.1) is 5.82 Å². The van der Waals surface area contributed by atoms with Crippen molar-refractivity contribution in [2.75, 3.05) is 20.8 Å². The molecule has 1 amide bonds. The average molecular weight is 401 g/mol. The van der Waals surface area contributed by atoms with E-state index in [-0.39, 0.29) is 24.2 Å². The number of halogens is 1. The monoisotopic (exact) mass is 401 g/mol. The molecule has 7 heteroatoms. The van der Waals surface area contributed by atoms with E-state index in [1.165, 1.54) is 19.2 Å². The summed E-state index contributed by atoms with van der Waals surface area (Å²) < 4.78 is 28.9. The predicted molar refractivity (Wildman–Crippen MR) is 104 cm³/mol. The molecule has 2 aromatic carbocycles. The minimum atomic E-state index is -0.606. The molecular weight excluding hydrogens is 377 g/mol. The molecule has 0 radical (unpaired) electrons. The Morgan fingerprint density at radius 3 is 2.55 bits per heavy atom. The third kappa shape index (κ3) is 5.32. The minimum absolute atomic E-state index is 0.121. The smallest absolute Gasteiger partial charge is 0.328 e. The summed E-state index contributed by atoms with van der Waals surface area (Å²) in [6.07, 6.45) is 1.02. The zero-order chi connectivity index (χ0) is 20.8. The first kappa shape index (κ1) is 20.8. The van der Waals surface area contributed by atoms with E-state index in [0.717, 1.165) is 5.56 Å². The second-order valence-corrected chi connectivity index (χ2v) is 6.88. The molecule has 0 bridgehead atoms. The van der Waals surface area contributed by atoms with Gasteiger partial charge in [-0.15, -0.1) is 0 Å². The summed E-state index contributed by atoms with van der Waals surface area (Å²) >= 11 is 0. The number of hydrogen-bond acceptors (Lipinski definition) is 5. The molecule has 0 spiro atoms. The molecule has 0 aromatic heterocycles. The van der Waals surface area contributed by atoms with Crippen molar-refractivity contribution in [2.24, 2.45) is 0 Å². The number of rotatable bonds is 7. The highest BCUT2D eigenvalue weighted by Gasteiger charge is 2.40. The third-order valence-electron chi connectivity index (χ3n) is 4.96. The molecular formula is C22H24FNO5. The van der Waals surface area contributed by atoms with Crippen molar-refractivity contribution in [2.45, 2.75) is 31.4 Å². The van der Waals surface area contributed by atoms with Gasteiger partial charge in [-0.2, -0.15) is 0 Å².